The summed E-state index contributed by atoms with van der Waals surface area (Å²) in [6, 6.07) is -0.535. The first-order chi connectivity index (χ1) is 11.6. The summed E-state index contributed by atoms with van der Waals surface area (Å²) in [6.07, 6.45) is 8.45. The van der Waals surface area contributed by atoms with Gasteiger partial charge in [0.1, 0.15) is 5.78 Å². The third-order valence-corrected chi connectivity index (χ3v) is 4.88. The Morgan fingerprint density at radius 1 is 0.750 bits per heavy atom. The Hall–Kier alpha value is -0.530. The first kappa shape index (κ1) is 21.5. The Kier molecular flexibility index (Phi) is 11.5. The van der Waals surface area contributed by atoms with Crippen LogP contribution in [0, 0.1) is 0 Å². The van der Waals surface area contributed by atoms with E-state index in [0.717, 1.165) is 51.4 Å². The van der Waals surface area contributed by atoms with Gasteiger partial charge >= 0.3 is 0 Å². The van der Waals surface area contributed by atoms with Gasteiger partial charge in [-0.15, -0.1) is 0 Å². The standard InChI is InChI=1S/C18H35NO5/c20-12-8-10-14(22)9-6-4-2-1-3-5-7-11-15-17(23)18(24)16(13-21)19-15/h15-21,23-24H,1-13H2/t15-,16-,17-,18+/m1/s1. The fraction of sp³-hybridized carbons (Fsp3) is 0.944. The Bertz CT molecular complexity index is 339. The predicted octanol–water partition coefficient (Wildman–Crippen LogP) is 0.893. The molecular weight excluding hydrogens is 310 g/mol. The van der Waals surface area contributed by atoms with Crippen molar-refractivity contribution in [3.8, 4) is 0 Å². The molecule has 1 fully saturated rings. The van der Waals surface area contributed by atoms with Gasteiger partial charge in [-0.25, -0.2) is 0 Å². The Labute approximate surface area is 145 Å². The summed E-state index contributed by atoms with van der Waals surface area (Å²) < 4.78 is 0. The van der Waals surface area contributed by atoms with Crippen LogP contribution in [0.4, 0.5) is 0 Å². The van der Waals surface area contributed by atoms with Gasteiger partial charge in [0.15, 0.2) is 0 Å². The van der Waals surface area contributed by atoms with Crippen LogP contribution in [0.25, 0.3) is 0 Å². The summed E-state index contributed by atoms with van der Waals surface area (Å²) in [5.74, 6) is 0.259. The van der Waals surface area contributed by atoms with Crippen LogP contribution in [0.1, 0.15) is 70.6 Å². The van der Waals surface area contributed by atoms with E-state index in [1.54, 1.807) is 0 Å². The zero-order valence-electron chi connectivity index (χ0n) is 14.7. The van der Waals surface area contributed by atoms with E-state index in [0.29, 0.717) is 19.3 Å². The fourth-order valence-electron chi connectivity index (χ4n) is 3.33. The lowest BCUT2D eigenvalue weighted by Gasteiger charge is -2.15. The molecule has 4 atom stereocenters. The highest BCUT2D eigenvalue weighted by Crippen LogP contribution is 2.19. The SMILES string of the molecule is O=C(CCCO)CCCCCCCCC[C@H]1N[C@H](CO)[C@H](O)[C@@H]1O. The van der Waals surface area contributed by atoms with E-state index in [9.17, 15) is 15.0 Å². The van der Waals surface area contributed by atoms with Crippen molar-refractivity contribution in [3.05, 3.63) is 0 Å². The molecule has 142 valence electrons. The average molecular weight is 345 g/mol. The molecular formula is C18H35NO5. The third kappa shape index (κ3) is 8.03. The molecule has 0 aromatic carbocycles. The van der Waals surface area contributed by atoms with Gasteiger partial charge in [-0.1, -0.05) is 38.5 Å². The first-order valence-electron chi connectivity index (χ1n) is 9.45. The van der Waals surface area contributed by atoms with Crippen molar-refractivity contribution >= 4 is 5.78 Å². The minimum Gasteiger partial charge on any atom is -0.396 e. The molecule has 0 aromatic rings. The van der Waals surface area contributed by atoms with Crippen LogP contribution in [-0.4, -0.2) is 63.7 Å². The summed E-state index contributed by atoms with van der Waals surface area (Å²) >= 11 is 0. The third-order valence-electron chi connectivity index (χ3n) is 4.88. The highest BCUT2D eigenvalue weighted by atomic mass is 16.3. The highest BCUT2D eigenvalue weighted by Gasteiger charge is 2.39. The molecule has 0 amide bonds. The van der Waals surface area contributed by atoms with E-state index >= 15 is 0 Å². The van der Waals surface area contributed by atoms with E-state index in [-0.39, 0.29) is 25.0 Å². The van der Waals surface area contributed by atoms with Gasteiger partial charge < -0.3 is 25.7 Å². The molecule has 1 aliphatic rings. The van der Waals surface area contributed by atoms with Crippen LogP contribution in [0.15, 0.2) is 0 Å². The molecule has 1 aliphatic heterocycles. The molecule has 5 N–H and O–H groups in total. The number of ketones is 1. The quantitative estimate of drug-likeness (QED) is 0.299. The monoisotopic (exact) mass is 345 g/mol. The number of Topliss-reactive ketones (excluding diaryl/α,β-unsaturated/α-hetero) is 1. The zero-order valence-corrected chi connectivity index (χ0v) is 14.7. The molecule has 1 rings (SSSR count). The van der Waals surface area contributed by atoms with Gasteiger partial charge in [0.2, 0.25) is 0 Å². The number of hydrogen-bond donors (Lipinski definition) is 5. The number of unbranched alkanes of at least 4 members (excludes halogenated alkanes) is 6. The van der Waals surface area contributed by atoms with Gasteiger partial charge in [-0.3, -0.25) is 4.79 Å². The molecule has 1 heterocycles. The topological polar surface area (TPSA) is 110 Å². The van der Waals surface area contributed by atoms with E-state index in [1.807, 2.05) is 0 Å². The molecule has 0 radical (unpaired) electrons. The smallest absolute Gasteiger partial charge is 0.132 e. The van der Waals surface area contributed by atoms with Crippen molar-refractivity contribution in [2.45, 2.75) is 94.9 Å². The molecule has 0 aromatic heterocycles. The lowest BCUT2D eigenvalue weighted by atomic mass is 10.0. The van der Waals surface area contributed by atoms with Crippen molar-refractivity contribution in [1.29, 1.82) is 0 Å². The van der Waals surface area contributed by atoms with Crippen molar-refractivity contribution in [2.75, 3.05) is 13.2 Å². The number of carbonyl (C=O) groups is 1. The van der Waals surface area contributed by atoms with Crippen molar-refractivity contribution in [2.24, 2.45) is 0 Å². The molecule has 0 saturated carbocycles. The molecule has 6 heteroatoms. The molecule has 1 saturated heterocycles. The van der Waals surface area contributed by atoms with Crippen LogP contribution in [0.5, 0.6) is 0 Å². The molecule has 0 bridgehead atoms. The molecule has 0 spiro atoms. The fourth-order valence-corrected chi connectivity index (χ4v) is 3.33. The second kappa shape index (κ2) is 12.8. The number of carbonyl (C=O) groups excluding carboxylic acids is 1. The molecule has 0 unspecified atom stereocenters. The van der Waals surface area contributed by atoms with Crippen molar-refractivity contribution < 1.29 is 25.2 Å². The first-order valence-corrected chi connectivity index (χ1v) is 9.45. The Morgan fingerprint density at radius 2 is 1.29 bits per heavy atom. The van der Waals surface area contributed by atoms with Crippen LogP contribution >= 0.6 is 0 Å². The van der Waals surface area contributed by atoms with E-state index < -0.39 is 18.2 Å². The zero-order chi connectivity index (χ0) is 17.8. The molecule has 6 nitrogen and oxygen atoms in total. The minimum absolute atomic E-state index is 0.0960. The Morgan fingerprint density at radius 3 is 1.88 bits per heavy atom. The normalized spacial score (nSPS) is 26.8. The molecule has 0 aliphatic carbocycles. The maximum Gasteiger partial charge on any atom is 0.132 e. The Balaban J connectivity index is 1.91. The van der Waals surface area contributed by atoms with Gasteiger partial charge in [0, 0.05) is 25.5 Å². The van der Waals surface area contributed by atoms with Crippen LogP contribution < -0.4 is 5.32 Å². The minimum atomic E-state index is -0.875. The summed E-state index contributed by atoms with van der Waals surface area (Å²) in [4.78, 5) is 11.4. The van der Waals surface area contributed by atoms with Crippen molar-refractivity contribution in [1.82, 2.24) is 5.32 Å². The molecule has 24 heavy (non-hydrogen) atoms. The lowest BCUT2D eigenvalue weighted by Crippen LogP contribution is -2.36. The number of hydrogen-bond acceptors (Lipinski definition) is 6. The second-order valence-electron chi connectivity index (χ2n) is 6.92. The van der Waals surface area contributed by atoms with Gasteiger partial charge in [0.25, 0.3) is 0 Å². The lowest BCUT2D eigenvalue weighted by molar-refractivity contribution is -0.119. The van der Waals surface area contributed by atoms with E-state index in [2.05, 4.69) is 5.32 Å². The largest absolute Gasteiger partial charge is 0.396 e. The summed E-state index contributed by atoms with van der Waals surface area (Å²) in [7, 11) is 0. The van der Waals surface area contributed by atoms with Crippen LogP contribution in [0.2, 0.25) is 0 Å². The van der Waals surface area contributed by atoms with E-state index in [1.165, 1.54) is 0 Å². The maximum atomic E-state index is 11.4. The number of aliphatic hydroxyl groups is 4. The number of nitrogens with one attached hydrogen (secondary N) is 1. The summed E-state index contributed by atoms with van der Waals surface area (Å²) in [6.45, 7) is -0.0595. The van der Waals surface area contributed by atoms with Crippen molar-refractivity contribution in [3.63, 3.8) is 0 Å². The second-order valence-corrected chi connectivity index (χ2v) is 6.92. The predicted molar refractivity (Wildman–Crippen MR) is 92.7 cm³/mol. The van der Waals surface area contributed by atoms with Gasteiger partial charge in [-0.05, 0) is 19.3 Å². The van der Waals surface area contributed by atoms with Gasteiger partial charge in [-0.2, -0.15) is 0 Å². The average Bonchev–Trinajstić information content (AvgIpc) is 2.86. The highest BCUT2D eigenvalue weighted by molar-refractivity contribution is 5.78. The van der Waals surface area contributed by atoms with Crippen LogP contribution in [-0.2, 0) is 4.79 Å². The van der Waals surface area contributed by atoms with Gasteiger partial charge in [0.05, 0.1) is 24.9 Å². The maximum absolute atomic E-state index is 11.4. The van der Waals surface area contributed by atoms with E-state index in [4.69, 9.17) is 10.2 Å². The van der Waals surface area contributed by atoms with Crippen LogP contribution in [0.3, 0.4) is 0 Å². The summed E-state index contributed by atoms with van der Waals surface area (Å²) in [5.41, 5.74) is 0. The summed E-state index contributed by atoms with van der Waals surface area (Å²) in [5, 5.41) is 40.5. The number of rotatable bonds is 14. The number of aliphatic hydroxyl groups excluding tert-OH is 4.